The molecule has 0 saturated heterocycles. The number of aliphatic hydroxyl groups excluding tert-OH is 1. The van der Waals surface area contributed by atoms with Crippen molar-refractivity contribution >= 4 is 23.5 Å². The number of ether oxygens (including phenoxy) is 1. The van der Waals surface area contributed by atoms with Crippen LogP contribution in [0.3, 0.4) is 0 Å². The first-order chi connectivity index (χ1) is 16.1. The highest BCUT2D eigenvalue weighted by atomic mass is 16.5. The molecule has 1 saturated carbocycles. The molecule has 1 fully saturated rings. The van der Waals surface area contributed by atoms with E-state index >= 15 is 0 Å². The quantitative estimate of drug-likeness (QED) is 0.628. The lowest BCUT2D eigenvalue weighted by molar-refractivity contribution is -0.137. The lowest BCUT2D eigenvalue weighted by atomic mass is 9.99. The first-order valence-corrected chi connectivity index (χ1v) is 11.9. The van der Waals surface area contributed by atoms with E-state index in [1.54, 1.807) is 4.90 Å². The molecule has 33 heavy (non-hydrogen) atoms. The van der Waals surface area contributed by atoms with Crippen LogP contribution < -0.4 is 10.1 Å². The van der Waals surface area contributed by atoms with Gasteiger partial charge in [-0.05, 0) is 43.9 Å². The average Bonchev–Trinajstić information content (AvgIpc) is 3.27. The Labute approximate surface area is 195 Å². The second-order valence-corrected chi connectivity index (χ2v) is 8.68. The summed E-state index contributed by atoms with van der Waals surface area (Å²) in [6, 6.07) is 14.6. The van der Waals surface area contributed by atoms with Crippen LogP contribution >= 0.6 is 0 Å². The smallest absolute Gasteiger partial charge is 0.255 e. The Morgan fingerprint density at radius 3 is 2.52 bits per heavy atom. The van der Waals surface area contributed by atoms with Crippen molar-refractivity contribution in [2.45, 2.75) is 57.5 Å². The highest BCUT2D eigenvalue weighted by Gasteiger charge is 2.33. The molecule has 4 rings (SSSR count). The van der Waals surface area contributed by atoms with Gasteiger partial charge in [-0.1, -0.05) is 56.2 Å². The molecule has 174 valence electrons. The van der Waals surface area contributed by atoms with Gasteiger partial charge in [0.05, 0.1) is 5.57 Å². The van der Waals surface area contributed by atoms with Crippen LogP contribution in [0.25, 0.3) is 11.6 Å². The van der Waals surface area contributed by atoms with Crippen LogP contribution in [0, 0.1) is 0 Å². The van der Waals surface area contributed by atoms with Crippen molar-refractivity contribution in [2.75, 3.05) is 13.2 Å². The normalized spacial score (nSPS) is 16.0. The second-order valence-electron chi connectivity index (χ2n) is 8.68. The van der Waals surface area contributed by atoms with Crippen molar-refractivity contribution in [3.63, 3.8) is 0 Å². The molecule has 1 atom stereocenters. The van der Waals surface area contributed by atoms with Gasteiger partial charge in [-0.25, -0.2) is 0 Å². The van der Waals surface area contributed by atoms with Gasteiger partial charge in [-0.2, -0.15) is 0 Å². The Morgan fingerprint density at radius 2 is 1.79 bits per heavy atom. The summed E-state index contributed by atoms with van der Waals surface area (Å²) in [5.41, 5.74) is 1.99. The SMILES string of the molecule is CCC(C(=O)NC1CCCC1)N(CCCO)C(=O)C1=Cc2ccccc2Oc2ccccc21. The summed E-state index contributed by atoms with van der Waals surface area (Å²) >= 11 is 0. The van der Waals surface area contributed by atoms with Crippen molar-refractivity contribution < 1.29 is 19.4 Å². The van der Waals surface area contributed by atoms with Gasteiger partial charge in [0.25, 0.3) is 5.91 Å². The fourth-order valence-electron chi connectivity index (χ4n) is 4.71. The summed E-state index contributed by atoms with van der Waals surface area (Å²) in [6.07, 6.45) is 6.96. The van der Waals surface area contributed by atoms with Crippen molar-refractivity contribution in [1.29, 1.82) is 0 Å². The first-order valence-electron chi connectivity index (χ1n) is 11.9. The number of nitrogens with one attached hydrogen (secondary N) is 1. The predicted octanol–water partition coefficient (Wildman–Crippen LogP) is 4.38. The standard InChI is InChI=1S/C27H32N2O4/c1-2-23(26(31)28-20-11-4-5-12-20)29(16-9-17-30)27(32)22-18-19-10-3-7-14-24(19)33-25-15-8-6-13-21(22)25/h3,6-8,10,13-15,18,20,23,30H,2,4-5,9,11-12,16-17H2,1H3,(H,28,31). The first kappa shape index (κ1) is 23.1. The number of hydrogen-bond donors (Lipinski definition) is 2. The Morgan fingerprint density at radius 1 is 1.09 bits per heavy atom. The van der Waals surface area contributed by atoms with Crippen LogP contribution in [0.4, 0.5) is 0 Å². The second kappa shape index (κ2) is 10.7. The zero-order valence-electron chi connectivity index (χ0n) is 19.1. The number of carbonyl (C=O) groups is 2. The Kier molecular flexibility index (Phi) is 7.45. The molecule has 6 nitrogen and oxygen atoms in total. The Balaban J connectivity index is 1.70. The predicted molar refractivity (Wildman–Crippen MR) is 129 cm³/mol. The van der Waals surface area contributed by atoms with Gasteiger partial charge < -0.3 is 20.1 Å². The van der Waals surface area contributed by atoms with Gasteiger partial charge in [0.2, 0.25) is 5.91 Å². The molecule has 1 aliphatic carbocycles. The molecule has 2 aliphatic rings. The van der Waals surface area contributed by atoms with E-state index in [9.17, 15) is 14.7 Å². The molecule has 2 N–H and O–H groups in total. The van der Waals surface area contributed by atoms with Gasteiger partial charge >= 0.3 is 0 Å². The third-order valence-electron chi connectivity index (χ3n) is 6.43. The molecule has 0 bridgehead atoms. The summed E-state index contributed by atoms with van der Waals surface area (Å²) in [4.78, 5) is 28.9. The number of amides is 2. The summed E-state index contributed by atoms with van der Waals surface area (Å²) in [5, 5.41) is 12.6. The van der Waals surface area contributed by atoms with Crippen molar-refractivity contribution in [2.24, 2.45) is 0 Å². The molecule has 0 spiro atoms. The number of aliphatic hydroxyl groups is 1. The maximum Gasteiger partial charge on any atom is 0.255 e. The van der Waals surface area contributed by atoms with Gasteiger partial charge in [0.15, 0.2) is 0 Å². The van der Waals surface area contributed by atoms with Crippen molar-refractivity contribution in [3.8, 4) is 11.5 Å². The fourth-order valence-corrected chi connectivity index (χ4v) is 4.71. The Hall–Kier alpha value is -3.12. The molecule has 0 radical (unpaired) electrons. The third kappa shape index (κ3) is 5.11. The largest absolute Gasteiger partial charge is 0.456 e. The van der Waals surface area contributed by atoms with Crippen molar-refractivity contribution in [3.05, 3.63) is 59.7 Å². The topological polar surface area (TPSA) is 78.9 Å². The lowest BCUT2D eigenvalue weighted by Gasteiger charge is -2.32. The maximum absolute atomic E-state index is 14.0. The minimum Gasteiger partial charge on any atom is -0.456 e. The van der Waals surface area contributed by atoms with E-state index in [0.717, 1.165) is 31.2 Å². The number of hydrogen-bond acceptors (Lipinski definition) is 4. The number of rotatable bonds is 8. The van der Waals surface area contributed by atoms with E-state index < -0.39 is 6.04 Å². The van der Waals surface area contributed by atoms with Crippen molar-refractivity contribution in [1.82, 2.24) is 10.2 Å². The summed E-state index contributed by atoms with van der Waals surface area (Å²) in [5.74, 6) is 0.938. The van der Waals surface area contributed by atoms with Crippen LogP contribution in [0.5, 0.6) is 11.5 Å². The van der Waals surface area contributed by atoms with E-state index in [0.29, 0.717) is 42.0 Å². The van der Waals surface area contributed by atoms with E-state index in [1.807, 2.05) is 61.5 Å². The maximum atomic E-state index is 14.0. The van der Waals surface area contributed by atoms with Gasteiger partial charge in [0, 0.05) is 30.3 Å². The molecular weight excluding hydrogens is 416 g/mol. The number of carbonyl (C=O) groups excluding carboxylic acids is 2. The molecule has 2 amide bonds. The van der Waals surface area contributed by atoms with Gasteiger partial charge in [-0.3, -0.25) is 9.59 Å². The van der Waals surface area contributed by atoms with Gasteiger partial charge in [0.1, 0.15) is 17.5 Å². The minimum absolute atomic E-state index is 0.0496. The Bertz CT molecular complexity index is 1030. The summed E-state index contributed by atoms with van der Waals surface area (Å²) in [7, 11) is 0. The molecule has 1 aliphatic heterocycles. The molecule has 1 unspecified atom stereocenters. The van der Waals surface area contributed by atoms with E-state index in [4.69, 9.17) is 4.74 Å². The highest BCUT2D eigenvalue weighted by Crippen LogP contribution is 2.38. The zero-order chi connectivity index (χ0) is 23.2. The number of fused-ring (bicyclic) bond motifs is 2. The highest BCUT2D eigenvalue weighted by molar-refractivity contribution is 6.25. The zero-order valence-corrected chi connectivity index (χ0v) is 19.1. The van der Waals surface area contributed by atoms with Gasteiger partial charge in [-0.15, -0.1) is 0 Å². The number of benzene rings is 2. The molecule has 6 heteroatoms. The third-order valence-corrected chi connectivity index (χ3v) is 6.43. The van der Waals surface area contributed by atoms with Crippen LogP contribution in [0.1, 0.15) is 56.6 Å². The van der Waals surface area contributed by atoms with E-state index in [1.165, 1.54) is 0 Å². The number of nitrogens with zero attached hydrogens (tertiary/aromatic N) is 1. The number of para-hydroxylation sites is 2. The fraction of sp³-hybridized carbons (Fsp3) is 0.407. The van der Waals surface area contributed by atoms with Crippen LogP contribution in [-0.4, -0.2) is 47.1 Å². The minimum atomic E-state index is -0.600. The molecule has 2 aromatic carbocycles. The average molecular weight is 449 g/mol. The van der Waals surface area contributed by atoms with Crippen LogP contribution in [-0.2, 0) is 9.59 Å². The summed E-state index contributed by atoms with van der Waals surface area (Å²) < 4.78 is 6.12. The van der Waals surface area contributed by atoms with Crippen LogP contribution in [0.2, 0.25) is 0 Å². The summed E-state index contributed by atoms with van der Waals surface area (Å²) in [6.45, 7) is 2.17. The van der Waals surface area contributed by atoms with E-state index in [-0.39, 0.29) is 24.5 Å². The monoisotopic (exact) mass is 448 g/mol. The van der Waals surface area contributed by atoms with Crippen LogP contribution in [0.15, 0.2) is 48.5 Å². The molecule has 1 heterocycles. The lowest BCUT2D eigenvalue weighted by Crippen LogP contribution is -2.51. The molecular formula is C27H32N2O4. The van der Waals surface area contributed by atoms with E-state index in [2.05, 4.69) is 5.32 Å². The molecule has 0 aromatic heterocycles. The molecule has 2 aromatic rings.